The minimum Gasteiger partial charge on any atom is -0.543 e. The average molecular weight is 519 g/mol. The van der Waals surface area contributed by atoms with E-state index in [1.807, 2.05) is 12.1 Å². The van der Waals surface area contributed by atoms with E-state index in [0.29, 0.717) is 17.9 Å². The monoisotopic (exact) mass is 518 g/mol. The van der Waals surface area contributed by atoms with Crippen molar-refractivity contribution in [2.75, 3.05) is 0 Å². The maximum Gasteiger partial charge on any atom is 0.347 e. The summed E-state index contributed by atoms with van der Waals surface area (Å²) in [5.41, 5.74) is 2.55. The summed E-state index contributed by atoms with van der Waals surface area (Å²) < 4.78 is 13.4. The molecule has 0 fully saturated rings. The van der Waals surface area contributed by atoms with Gasteiger partial charge in [0.05, 0.1) is 29.0 Å². The van der Waals surface area contributed by atoms with E-state index in [1.165, 1.54) is 0 Å². The number of esters is 1. The Labute approximate surface area is 217 Å². The van der Waals surface area contributed by atoms with Gasteiger partial charge in [-0.1, -0.05) is 34.3 Å². The van der Waals surface area contributed by atoms with Gasteiger partial charge in [-0.15, -0.1) is 0 Å². The second-order valence-corrected chi connectivity index (χ2v) is 16.4. The molecule has 0 amide bonds. The summed E-state index contributed by atoms with van der Waals surface area (Å²) in [5, 5.41) is 12.4. The van der Waals surface area contributed by atoms with E-state index in [1.54, 1.807) is 17.6 Å². The molecule has 8 heteroatoms. The largest absolute Gasteiger partial charge is 0.543 e. The molecule has 0 bridgehead atoms. The fourth-order valence-corrected chi connectivity index (χ4v) is 6.09. The van der Waals surface area contributed by atoms with Gasteiger partial charge in [-0.25, -0.2) is 9.78 Å². The van der Waals surface area contributed by atoms with Crippen LogP contribution in [0.1, 0.15) is 56.9 Å². The first-order valence-corrected chi connectivity index (χ1v) is 15.6. The highest BCUT2D eigenvalue weighted by Crippen LogP contribution is 2.42. The van der Waals surface area contributed by atoms with Crippen molar-refractivity contribution in [3.8, 4) is 17.1 Å². The lowest BCUT2D eigenvalue weighted by Crippen LogP contribution is -2.45. The van der Waals surface area contributed by atoms with Crippen LogP contribution in [-0.4, -0.2) is 28.9 Å². The second kappa shape index (κ2) is 8.13. The summed E-state index contributed by atoms with van der Waals surface area (Å²) in [4.78, 5) is 31.1. The lowest BCUT2D eigenvalue weighted by Gasteiger charge is -2.36. The Bertz CT molecular complexity index is 1560. The van der Waals surface area contributed by atoms with E-state index in [-0.39, 0.29) is 33.9 Å². The number of rotatable bonds is 4. The Morgan fingerprint density at radius 2 is 1.95 bits per heavy atom. The van der Waals surface area contributed by atoms with E-state index in [2.05, 4.69) is 53.4 Å². The number of aromatic nitrogens is 2. The van der Waals surface area contributed by atoms with Gasteiger partial charge >= 0.3 is 5.97 Å². The predicted molar refractivity (Wildman–Crippen MR) is 146 cm³/mol. The van der Waals surface area contributed by atoms with Gasteiger partial charge in [0, 0.05) is 16.5 Å². The third-order valence-electron chi connectivity index (χ3n) is 8.32. The molecule has 37 heavy (non-hydrogen) atoms. The zero-order valence-corrected chi connectivity index (χ0v) is 23.6. The molecule has 1 N–H and O–H groups in total. The van der Waals surface area contributed by atoms with E-state index in [0.717, 1.165) is 34.2 Å². The van der Waals surface area contributed by atoms with E-state index in [9.17, 15) is 14.7 Å². The molecule has 2 aromatic heterocycles. The molecule has 7 nitrogen and oxygen atoms in total. The van der Waals surface area contributed by atoms with Crippen molar-refractivity contribution in [1.29, 1.82) is 0 Å². The van der Waals surface area contributed by atoms with Crippen molar-refractivity contribution < 1.29 is 19.1 Å². The van der Waals surface area contributed by atoms with Crippen LogP contribution in [0.25, 0.3) is 22.3 Å². The number of fused-ring (bicyclic) bond motifs is 5. The normalized spacial score (nSPS) is 18.8. The quantitative estimate of drug-likeness (QED) is 0.227. The topological polar surface area (TPSA) is 90.7 Å². The maximum atomic E-state index is 13.6. The van der Waals surface area contributed by atoms with Gasteiger partial charge in [0.1, 0.15) is 12.4 Å². The van der Waals surface area contributed by atoms with Gasteiger partial charge < -0.3 is 18.8 Å². The molecule has 0 radical (unpaired) electrons. The number of carbonyl (C=O) groups excluding carboxylic acids is 1. The zero-order valence-electron chi connectivity index (χ0n) is 22.6. The molecular weight excluding hydrogens is 484 g/mol. The van der Waals surface area contributed by atoms with Crippen LogP contribution >= 0.6 is 0 Å². The number of pyridine rings is 2. The van der Waals surface area contributed by atoms with Gasteiger partial charge in [0.15, 0.2) is 0 Å². The average Bonchev–Trinajstić information content (AvgIpc) is 3.18. The number of aryl methyl sites for hydroxylation is 1. The molecule has 1 aromatic carbocycles. The van der Waals surface area contributed by atoms with Crippen LogP contribution in [0.3, 0.4) is 0 Å². The van der Waals surface area contributed by atoms with Gasteiger partial charge in [0.2, 0.25) is 13.9 Å². The molecule has 5 rings (SSSR count). The fraction of sp³-hybridized carbons (Fsp3) is 0.414. The van der Waals surface area contributed by atoms with Crippen LogP contribution < -0.4 is 9.99 Å². The van der Waals surface area contributed by atoms with Crippen molar-refractivity contribution in [2.24, 2.45) is 0 Å². The number of nitrogens with zero attached hydrogens (tertiary/aromatic N) is 2. The molecule has 4 heterocycles. The smallest absolute Gasteiger partial charge is 0.347 e. The van der Waals surface area contributed by atoms with Crippen LogP contribution in [0.15, 0.2) is 41.2 Å². The van der Waals surface area contributed by atoms with Crippen LogP contribution in [0.2, 0.25) is 18.1 Å². The summed E-state index contributed by atoms with van der Waals surface area (Å²) >= 11 is 0. The predicted octanol–water partition coefficient (Wildman–Crippen LogP) is 5.19. The highest BCUT2D eigenvalue weighted by atomic mass is 28.4. The van der Waals surface area contributed by atoms with Crippen molar-refractivity contribution >= 4 is 25.2 Å². The number of cyclic esters (lactones) is 1. The Kier molecular flexibility index (Phi) is 5.59. The molecule has 2 aliphatic rings. The summed E-state index contributed by atoms with van der Waals surface area (Å²) in [6, 6.07) is 7.72. The molecule has 194 valence electrons. The first-order chi connectivity index (χ1) is 17.2. The number of aliphatic hydroxyl groups is 1. The van der Waals surface area contributed by atoms with Crippen molar-refractivity contribution in [1.82, 2.24) is 9.55 Å². The molecule has 0 saturated carbocycles. The number of hydrogen-bond acceptors (Lipinski definition) is 6. The molecule has 0 unspecified atom stereocenters. The summed E-state index contributed by atoms with van der Waals surface area (Å²) in [5.74, 6) is 0.0194. The Hall–Kier alpha value is -3.23. The van der Waals surface area contributed by atoms with Gasteiger partial charge in [-0.2, -0.15) is 0 Å². The Morgan fingerprint density at radius 1 is 1.24 bits per heavy atom. The van der Waals surface area contributed by atoms with Gasteiger partial charge in [-0.3, -0.25) is 4.79 Å². The molecule has 2 aliphatic heterocycles. The van der Waals surface area contributed by atoms with Crippen LogP contribution in [-0.2, 0) is 34.7 Å². The minimum absolute atomic E-state index is 0.0739. The SMILES string of the molecule is C=C(C)[C@@]1(O)C(=O)OCc2c1cc1n(c2=O)Cc2c-1nc1ccc(O[Si](C)(C)C(C)(C)C)cc1c2CC. The molecule has 0 saturated heterocycles. The van der Waals surface area contributed by atoms with Crippen molar-refractivity contribution in [2.45, 2.75) is 77.9 Å². The van der Waals surface area contributed by atoms with Crippen LogP contribution in [0.4, 0.5) is 0 Å². The second-order valence-electron chi connectivity index (χ2n) is 11.7. The van der Waals surface area contributed by atoms with Gasteiger partial charge in [0.25, 0.3) is 5.56 Å². The maximum absolute atomic E-state index is 13.6. The Morgan fingerprint density at radius 3 is 2.57 bits per heavy atom. The number of hydrogen-bond donors (Lipinski definition) is 1. The summed E-state index contributed by atoms with van der Waals surface area (Å²) in [6.07, 6.45) is 0.755. The number of carbonyl (C=O) groups is 1. The fourth-order valence-electron chi connectivity index (χ4n) is 5.06. The molecule has 0 aliphatic carbocycles. The standard InChI is InChI=1S/C29H34N2O5Si/c1-9-18-19-12-17(36-37(7,8)28(4,5)6)10-11-23(19)30-25-20(18)14-31-24(25)13-22-21(26(31)32)15-35-27(33)29(22,34)16(2)3/h10-13,34H,2,9,14-15H2,1,3-8H3/t29-/m0/s1. The summed E-state index contributed by atoms with van der Waals surface area (Å²) in [6.45, 7) is 18.7. The molecule has 1 atom stereocenters. The van der Waals surface area contributed by atoms with E-state index < -0.39 is 19.9 Å². The highest BCUT2D eigenvalue weighted by Gasteiger charge is 2.47. The zero-order chi connectivity index (χ0) is 27.1. The Balaban J connectivity index is 1.70. The van der Waals surface area contributed by atoms with Crippen LogP contribution in [0, 0.1) is 0 Å². The lowest BCUT2D eigenvalue weighted by atomic mass is 9.83. The lowest BCUT2D eigenvalue weighted by molar-refractivity contribution is -0.167. The summed E-state index contributed by atoms with van der Waals surface area (Å²) in [7, 11) is -2.02. The van der Waals surface area contributed by atoms with Crippen molar-refractivity contribution in [3.63, 3.8) is 0 Å². The van der Waals surface area contributed by atoms with Gasteiger partial charge in [-0.05, 0) is 66.9 Å². The van der Waals surface area contributed by atoms with Crippen molar-refractivity contribution in [3.05, 3.63) is 69.0 Å². The third-order valence-corrected chi connectivity index (χ3v) is 12.7. The minimum atomic E-state index is -2.06. The molecular formula is C29H34N2O5Si. The first-order valence-electron chi connectivity index (χ1n) is 12.7. The van der Waals surface area contributed by atoms with E-state index >= 15 is 0 Å². The number of ether oxygens (including phenoxy) is 1. The highest BCUT2D eigenvalue weighted by molar-refractivity contribution is 6.74. The molecule has 0 spiro atoms. The first kappa shape index (κ1) is 25.4. The van der Waals surface area contributed by atoms with E-state index in [4.69, 9.17) is 14.1 Å². The third kappa shape index (κ3) is 3.60. The number of benzene rings is 1. The van der Waals surface area contributed by atoms with Crippen LogP contribution in [0.5, 0.6) is 5.75 Å². The molecule has 3 aromatic rings.